The fraction of sp³-hybridized carbons (Fsp3) is 0. The zero-order chi connectivity index (χ0) is 15.5. The van der Waals surface area contributed by atoms with Crippen molar-refractivity contribution in [1.29, 1.82) is 0 Å². The minimum atomic E-state index is -4.11. The first-order chi connectivity index (χ1) is 9.90. The van der Waals surface area contributed by atoms with E-state index in [9.17, 15) is 18.5 Å². The van der Waals surface area contributed by atoms with Crippen LogP contribution in [0, 0.1) is 10.1 Å². The predicted molar refractivity (Wildman–Crippen MR) is 79.1 cm³/mol. The highest BCUT2D eigenvalue weighted by atomic mass is 35.5. The third-order valence-electron chi connectivity index (χ3n) is 2.54. The summed E-state index contributed by atoms with van der Waals surface area (Å²) in [7, 11) is -4.11. The van der Waals surface area contributed by atoms with Crippen molar-refractivity contribution in [2.75, 3.05) is 0 Å². The Labute approximate surface area is 125 Å². The summed E-state index contributed by atoms with van der Waals surface area (Å²) >= 11 is 5.88. The molecule has 21 heavy (non-hydrogen) atoms. The smallest absolute Gasteiger partial charge is 0.258 e. The number of benzene rings is 2. The number of halogens is 1. The van der Waals surface area contributed by atoms with Crippen LogP contribution in [0.4, 0.5) is 5.69 Å². The van der Waals surface area contributed by atoms with Gasteiger partial charge in [-0.15, -0.1) is 4.40 Å². The molecule has 0 heterocycles. The summed E-state index contributed by atoms with van der Waals surface area (Å²) in [6, 6.07) is 13.0. The van der Waals surface area contributed by atoms with E-state index in [4.69, 9.17) is 11.6 Å². The average Bonchev–Trinajstić information content (AvgIpc) is 2.48. The maximum absolute atomic E-state index is 12.1. The molecule has 8 heteroatoms. The predicted octanol–water partition coefficient (Wildman–Crippen LogP) is 2.97. The number of nitro benzene ring substituents is 1. The van der Waals surface area contributed by atoms with Gasteiger partial charge in [0, 0.05) is 17.7 Å². The molecule has 0 aliphatic carbocycles. The van der Waals surface area contributed by atoms with Crippen LogP contribution >= 0.6 is 11.6 Å². The van der Waals surface area contributed by atoms with Gasteiger partial charge >= 0.3 is 0 Å². The first kappa shape index (κ1) is 15.1. The molecule has 0 amide bonds. The lowest BCUT2D eigenvalue weighted by Gasteiger charge is -2.01. The van der Waals surface area contributed by atoms with Crippen molar-refractivity contribution < 1.29 is 13.3 Å². The minimum absolute atomic E-state index is 0.206. The lowest BCUT2D eigenvalue weighted by molar-refractivity contribution is -0.385. The van der Waals surface area contributed by atoms with Gasteiger partial charge in [-0.2, -0.15) is 8.42 Å². The topological polar surface area (TPSA) is 89.6 Å². The number of non-ortho nitro benzene ring substituents is 1. The quantitative estimate of drug-likeness (QED) is 0.491. The average molecular weight is 325 g/mol. The summed E-state index contributed by atoms with van der Waals surface area (Å²) in [6.07, 6.45) is 0. The number of rotatable bonds is 4. The van der Waals surface area contributed by atoms with Crippen LogP contribution in [0.5, 0.6) is 0 Å². The zero-order valence-corrected chi connectivity index (χ0v) is 12.1. The Hall–Kier alpha value is -2.25. The molecule has 108 valence electrons. The van der Waals surface area contributed by atoms with Crippen LogP contribution in [-0.2, 0) is 10.0 Å². The van der Waals surface area contributed by atoms with Gasteiger partial charge in [0.1, 0.15) is 5.17 Å². The van der Waals surface area contributed by atoms with Crippen LogP contribution in [0.2, 0.25) is 0 Å². The van der Waals surface area contributed by atoms with E-state index >= 15 is 0 Å². The molecule has 2 aromatic rings. The lowest BCUT2D eigenvalue weighted by atomic mass is 10.2. The van der Waals surface area contributed by atoms with Crippen LogP contribution in [0.25, 0.3) is 0 Å². The summed E-state index contributed by atoms with van der Waals surface area (Å²) in [4.78, 5) is 9.71. The van der Waals surface area contributed by atoms with Crippen molar-refractivity contribution in [3.8, 4) is 0 Å². The van der Waals surface area contributed by atoms with E-state index < -0.39 is 14.9 Å². The summed E-state index contributed by atoms with van der Waals surface area (Å²) in [5.41, 5.74) is 0.107. The van der Waals surface area contributed by atoms with Gasteiger partial charge in [0.2, 0.25) is 0 Å². The van der Waals surface area contributed by atoms with Gasteiger partial charge in [-0.3, -0.25) is 10.1 Å². The Morgan fingerprint density at radius 3 is 2.38 bits per heavy atom. The standard InChI is InChI=1S/C13H9ClN2O4S/c14-13(10-5-2-1-3-6-10)15-21(19,20)12-8-4-7-11(9-12)16(17)18/h1-9H/b15-13+. The van der Waals surface area contributed by atoms with Gasteiger partial charge < -0.3 is 0 Å². The number of hydrogen-bond acceptors (Lipinski definition) is 4. The summed E-state index contributed by atoms with van der Waals surface area (Å²) < 4.78 is 27.7. The number of hydrogen-bond donors (Lipinski definition) is 0. The van der Waals surface area contributed by atoms with E-state index in [0.29, 0.717) is 5.56 Å². The molecule has 0 unspecified atom stereocenters. The highest BCUT2D eigenvalue weighted by Gasteiger charge is 2.18. The molecule has 0 saturated heterocycles. The van der Waals surface area contributed by atoms with Crippen molar-refractivity contribution in [2.24, 2.45) is 4.40 Å². The minimum Gasteiger partial charge on any atom is -0.258 e. The van der Waals surface area contributed by atoms with Crippen LogP contribution < -0.4 is 0 Å². The molecule has 0 saturated carbocycles. The van der Waals surface area contributed by atoms with Crippen molar-refractivity contribution in [3.05, 3.63) is 70.3 Å². The zero-order valence-electron chi connectivity index (χ0n) is 10.5. The molecule has 0 aliphatic rings. The molecule has 2 rings (SSSR count). The molecule has 0 aromatic heterocycles. The van der Waals surface area contributed by atoms with E-state index in [1.807, 2.05) is 0 Å². The highest BCUT2D eigenvalue weighted by Crippen LogP contribution is 2.20. The Morgan fingerprint density at radius 2 is 1.76 bits per heavy atom. The molecular formula is C13H9ClN2O4S. The van der Waals surface area contributed by atoms with Crippen molar-refractivity contribution in [3.63, 3.8) is 0 Å². The largest absolute Gasteiger partial charge is 0.283 e. The Morgan fingerprint density at radius 1 is 1.10 bits per heavy atom. The molecule has 0 fully saturated rings. The van der Waals surface area contributed by atoms with E-state index in [0.717, 1.165) is 6.07 Å². The maximum Gasteiger partial charge on any atom is 0.283 e. The van der Waals surface area contributed by atoms with Gasteiger partial charge in [0.15, 0.2) is 0 Å². The molecule has 0 spiro atoms. The van der Waals surface area contributed by atoms with Gasteiger partial charge in [-0.05, 0) is 6.07 Å². The normalized spacial score (nSPS) is 12.1. The maximum atomic E-state index is 12.1. The van der Waals surface area contributed by atoms with Crippen molar-refractivity contribution >= 4 is 32.5 Å². The van der Waals surface area contributed by atoms with E-state index in [2.05, 4.69) is 4.40 Å². The van der Waals surface area contributed by atoms with Crippen LogP contribution in [0.1, 0.15) is 5.56 Å². The molecule has 2 aromatic carbocycles. The number of nitrogens with zero attached hydrogens (tertiary/aromatic N) is 2. The monoisotopic (exact) mass is 324 g/mol. The summed E-state index contributed by atoms with van der Waals surface area (Å²) in [5, 5.41) is 10.5. The SMILES string of the molecule is O=[N+]([O-])c1cccc(S(=O)(=O)/N=C(/Cl)c2ccccc2)c1. The van der Waals surface area contributed by atoms with E-state index in [1.54, 1.807) is 30.3 Å². The van der Waals surface area contributed by atoms with E-state index in [-0.39, 0.29) is 15.8 Å². The van der Waals surface area contributed by atoms with Crippen LogP contribution in [-0.4, -0.2) is 18.5 Å². The third kappa shape index (κ3) is 3.65. The van der Waals surface area contributed by atoms with Crippen molar-refractivity contribution in [1.82, 2.24) is 0 Å². The molecule has 0 atom stereocenters. The highest BCUT2D eigenvalue weighted by molar-refractivity contribution is 7.90. The van der Waals surface area contributed by atoms with Crippen LogP contribution in [0.3, 0.4) is 0 Å². The molecular weight excluding hydrogens is 316 g/mol. The fourth-order valence-electron chi connectivity index (χ4n) is 1.54. The second-order valence-electron chi connectivity index (χ2n) is 3.98. The molecule has 0 radical (unpaired) electrons. The second kappa shape index (κ2) is 6.02. The molecule has 6 nitrogen and oxygen atoms in total. The Balaban J connectivity index is 2.43. The fourth-order valence-corrected chi connectivity index (χ4v) is 2.88. The lowest BCUT2D eigenvalue weighted by Crippen LogP contribution is -2.02. The number of sulfonamides is 1. The first-order valence-corrected chi connectivity index (χ1v) is 7.52. The van der Waals surface area contributed by atoms with Crippen LogP contribution in [0.15, 0.2) is 63.9 Å². The number of nitro groups is 1. The molecule has 0 N–H and O–H groups in total. The van der Waals surface area contributed by atoms with Gasteiger partial charge in [0.05, 0.1) is 9.82 Å². The second-order valence-corrected chi connectivity index (χ2v) is 5.94. The van der Waals surface area contributed by atoms with Crippen molar-refractivity contribution in [2.45, 2.75) is 4.90 Å². The van der Waals surface area contributed by atoms with Gasteiger partial charge in [-0.1, -0.05) is 48.0 Å². The van der Waals surface area contributed by atoms with E-state index in [1.165, 1.54) is 18.2 Å². The van der Waals surface area contributed by atoms with Gasteiger partial charge in [0.25, 0.3) is 15.7 Å². The summed E-state index contributed by atoms with van der Waals surface area (Å²) in [6.45, 7) is 0. The summed E-state index contributed by atoms with van der Waals surface area (Å²) in [5.74, 6) is 0. The first-order valence-electron chi connectivity index (χ1n) is 5.70. The Kier molecular flexibility index (Phi) is 4.35. The molecule has 0 bridgehead atoms. The Bertz CT molecular complexity index is 804. The molecule has 0 aliphatic heterocycles. The van der Waals surface area contributed by atoms with Gasteiger partial charge in [-0.25, -0.2) is 0 Å². The third-order valence-corrected chi connectivity index (χ3v) is 4.21.